The Kier molecular flexibility index (Phi) is 5.45. The van der Waals surface area contributed by atoms with Crippen LogP contribution >= 0.6 is 0 Å². The van der Waals surface area contributed by atoms with Crippen LogP contribution in [0.1, 0.15) is 39.0 Å². The van der Waals surface area contributed by atoms with Gasteiger partial charge in [-0.2, -0.15) is 0 Å². The molecule has 14 heavy (non-hydrogen) atoms. The summed E-state index contributed by atoms with van der Waals surface area (Å²) >= 11 is 0. The van der Waals surface area contributed by atoms with Gasteiger partial charge in [-0.25, -0.2) is 0 Å². The molecular formula is C11H23NO2. The van der Waals surface area contributed by atoms with Crippen LogP contribution in [0.3, 0.4) is 0 Å². The molecule has 3 atom stereocenters. The van der Waals surface area contributed by atoms with E-state index in [4.69, 9.17) is 9.84 Å². The van der Waals surface area contributed by atoms with Gasteiger partial charge in [0.1, 0.15) is 0 Å². The Morgan fingerprint density at radius 1 is 1.43 bits per heavy atom. The van der Waals surface area contributed by atoms with Gasteiger partial charge in [-0.05, 0) is 26.2 Å². The van der Waals surface area contributed by atoms with E-state index in [1.54, 1.807) is 7.11 Å². The van der Waals surface area contributed by atoms with E-state index in [0.29, 0.717) is 18.2 Å². The van der Waals surface area contributed by atoms with Crippen LogP contribution < -0.4 is 5.32 Å². The van der Waals surface area contributed by atoms with E-state index in [0.717, 1.165) is 6.42 Å². The molecule has 3 nitrogen and oxygen atoms in total. The SMILES string of the molecule is COC1CCCCC1NC(C)CCO. The first kappa shape index (κ1) is 12.0. The Balaban J connectivity index is 2.32. The van der Waals surface area contributed by atoms with Gasteiger partial charge in [-0.3, -0.25) is 0 Å². The highest BCUT2D eigenvalue weighted by Gasteiger charge is 2.25. The molecule has 1 fully saturated rings. The van der Waals surface area contributed by atoms with Gasteiger partial charge in [0.05, 0.1) is 6.10 Å². The zero-order valence-corrected chi connectivity index (χ0v) is 9.33. The van der Waals surface area contributed by atoms with Crippen molar-refractivity contribution in [2.75, 3.05) is 13.7 Å². The topological polar surface area (TPSA) is 41.5 Å². The molecule has 0 saturated heterocycles. The van der Waals surface area contributed by atoms with E-state index in [1.807, 2.05) is 0 Å². The zero-order valence-electron chi connectivity index (χ0n) is 9.33. The third-order valence-electron chi connectivity index (χ3n) is 3.07. The average Bonchev–Trinajstić information content (AvgIpc) is 2.19. The Bertz CT molecular complexity index is 152. The summed E-state index contributed by atoms with van der Waals surface area (Å²) in [6.07, 6.45) is 6.14. The fourth-order valence-electron chi connectivity index (χ4n) is 2.21. The van der Waals surface area contributed by atoms with Crippen molar-refractivity contribution in [1.82, 2.24) is 5.32 Å². The standard InChI is InChI=1S/C11H23NO2/c1-9(7-8-13)12-10-5-3-4-6-11(10)14-2/h9-13H,3-8H2,1-2H3. The van der Waals surface area contributed by atoms with Gasteiger partial charge < -0.3 is 15.2 Å². The van der Waals surface area contributed by atoms with Crippen LogP contribution in [-0.2, 0) is 4.74 Å². The minimum Gasteiger partial charge on any atom is -0.396 e. The fourth-order valence-corrected chi connectivity index (χ4v) is 2.21. The van der Waals surface area contributed by atoms with Crippen LogP contribution in [0.2, 0.25) is 0 Å². The van der Waals surface area contributed by atoms with Gasteiger partial charge >= 0.3 is 0 Å². The highest BCUT2D eigenvalue weighted by molar-refractivity contribution is 4.83. The van der Waals surface area contributed by atoms with Gasteiger partial charge in [-0.15, -0.1) is 0 Å². The minimum absolute atomic E-state index is 0.262. The van der Waals surface area contributed by atoms with E-state index in [9.17, 15) is 0 Å². The molecule has 3 unspecified atom stereocenters. The second kappa shape index (κ2) is 6.38. The summed E-state index contributed by atoms with van der Waals surface area (Å²) in [5, 5.41) is 12.4. The molecule has 3 heteroatoms. The lowest BCUT2D eigenvalue weighted by atomic mass is 9.91. The van der Waals surface area contributed by atoms with Crippen LogP contribution in [-0.4, -0.2) is 37.0 Å². The van der Waals surface area contributed by atoms with Gasteiger partial charge in [0, 0.05) is 25.8 Å². The molecular weight excluding hydrogens is 178 g/mol. The molecule has 0 heterocycles. The third-order valence-corrected chi connectivity index (χ3v) is 3.07. The first-order valence-electron chi connectivity index (χ1n) is 5.67. The second-order valence-electron chi connectivity index (χ2n) is 4.25. The molecule has 1 rings (SSSR count). The molecule has 0 aliphatic heterocycles. The molecule has 0 bridgehead atoms. The quantitative estimate of drug-likeness (QED) is 0.704. The van der Waals surface area contributed by atoms with Crippen LogP contribution in [0.25, 0.3) is 0 Å². The van der Waals surface area contributed by atoms with Gasteiger partial charge in [-0.1, -0.05) is 12.8 Å². The van der Waals surface area contributed by atoms with Crippen molar-refractivity contribution in [3.05, 3.63) is 0 Å². The number of aliphatic hydroxyl groups is 1. The van der Waals surface area contributed by atoms with Crippen LogP contribution in [0.4, 0.5) is 0 Å². The van der Waals surface area contributed by atoms with E-state index in [1.165, 1.54) is 25.7 Å². The Morgan fingerprint density at radius 3 is 2.79 bits per heavy atom. The molecule has 0 aromatic heterocycles. The average molecular weight is 201 g/mol. The van der Waals surface area contributed by atoms with E-state index >= 15 is 0 Å². The van der Waals surface area contributed by atoms with Crippen LogP contribution in [0.15, 0.2) is 0 Å². The maximum atomic E-state index is 8.82. The molecule has 0 radical (unpaired) electrons. The first-order chi connectivity index (χ1) is 6.77. The molecule has 1 aliphatic carbocycles. The van der Waals surface area contributed by atoms with Gasteiger partial charge in [0.25, 0.3) is 0 Å². The van der Waals surface area contributed by atoms with Crippen molar-refractivity contribution in [2.45, 2.75) is 57.2 Å². The molecule has 84 valence electrons. The number of ether oxygens (including phenoxy) is 1. The first-order valence-corrected chi connectivity index (χ1v) is 5.67. The third kappa shape index (κ3) is 3.56. The summed E-state index contributed by atoms with van der Waals surface area (Å²) in [6.45, 7) is 2.39. The highest BCUT2D eigenvalue weighted by Crippen LogP contribution is 2.21. The molecule has 1 saturated carbocycles. The van der Waals surface area contributed by atoms with Crippen molar-refractivity contribution in [3.8, 4) is 0 Å². The summed E-state index contributed by atoms with van der Waals surface area (Å²) in [6, 6.07) is 0.871. The lowest BCUT2D eigenvalue weighted by Gasteiger charge is -2.33. The molecule has 1 aliphatic rings. The summed E-state index contributed by atoms with van der Waals surface area (Å²) in [4.78, 5) is 0. The van der Waals surface area contributed by atoms with Crippen molar-refractivity contribution in [2.24, 2.45) is 0 Å². The number of aliphatic hydroxyl groups excluding tert-OH is 1. The van der Waals surface area contributed by atoms with E-state index in [-0.39, 0.29) is 6.61 Å². The van der Waals surface area contributed by atoms with E-state index in [2.05, 4.69) is 12.2 Å². The maximum absolute atomic E-state index is 8.82. The normalized spacial score (nSPS) is 30.2. The zero-order chi connectivity index (χ0) is 10.4. The molecule has 2 N–H and O–H groups in total. The fraction of sp³-hybridized carbons (Fsp3) is 1.00. The monoisotopic (exact) mass is 201 g/mol. The van der Waals surface area contributed by atoms with Crippen LogP contribution in [0, 0.1) is 0 Å². The van der Waals surface area contributed by atoms with Crippen LogP contribution in [0.5, 0.6) is 0 Å². The summed E-state index contributed by atoms with van der Waals surface area (Å²) in [7, 11) is 1.79. The predicted octanol–water partition coefficient (Wildman–Crippen LogP) is 1.30. The largest absolute Gasteiger partial charge is 0.396 e. The Morgan fingerprint density at radius 2 is 2.14 bits per heavy atom. The predicted molar refractivity (Wildman–Crippen MR) is 57.4 cm³/mol. The summed E-state index contributed by atoms with van der Waals surface area (Å²) < 4.78 is 5.46. The Hall–Kier alpha value is -0.120. The van der Waals surface area contributed by atoms with Crippen molar-refractivity contribution in [1.29, 1.82) is 0 Å². The minimum atomic E-state index is 0.262. The van der Waals surface area contributed by atoms with Crippen molar-refractivity contribution < 1.29 is 9.84 Å². The molecule has 0 aromatic rings. The Labute approximate surface area is 86.8 Å². The molecule has 0 aromatic carbocycles. The second-order valence-corrected chi connectivity index (χ2v) is 4.25. The maximum Gasteiger partial charge on any atom is 0.0724 e. The smallest absolute Gasteiger partial charge is 0.0724 e. The van der Waals surface area contributed by atoms with Gasteiger partial charge in [0.2, 0.25) is 0 Å². The molecule has 0 spiro atoms. The van der Waals surface area contributed by atoms with E-state index < -0.39 is 0 Å². The number of rotatable bonds is 5. The van der Waals surface area contributed by atoms with Crippen molar-refractivity contribution in [3.63, 3.8) is 0 Å². The number of nitrogens with one attached hydrogen (secondary N) is 1. The number of methoxy groups -OCH3 is 1. The highest BCUT2D eigenvalue weighted by atomic mass is 16.5. The summed E-state index contributed by atoms with van der Waals surface area (Å²) in [5.41, 5.74) is 0. The van der Waals surface area contributed by atoms with Gasteiger partial charge in [0.15, 0.2) is 0 Å². The lowest BCUT2D eigenvalue weighted by Crippen LogP contribution is -2.47. The lowest BCUT2D eigenvalue weighted by molar-refractivity contribution is 0.0373. The molecule has 0 amide bonds. The number of hydrogen-bond acceptors (Lipinski definition) is 3. The summed E-state index contributed by atoms with van der Waals surface area (Å²) in [5.74, 6) is 0. The number of hydrogen-bond donors (Lipinski definition) is 2. The van der Waals surface area contributed by atoms with Crippen molar-refractivity contribution >= 4 is 0 Å².